The van der Waals surface area contributed by atoms with Crippen LogP contribution in [0.4, 0.5) is 0 Å². The maximum atomic E-state index is 11.5. The van der Waals surface area contributed by atoms with Gasteiger partial charge in [-0.05, 0) is 48.5 Å². The summed E-state index contributed by atoms with van der Waals surface area (Å²) in [6.07, 6.45) is 0. The van der Waals surface area contributed by atoms with Crippen molar-refractivity contribution >= 4 is 17.7 Å². The maximum absolute atomic E-state index is 11.5. The van der Waals surface area contributed by atoms with Crippen molar-refractivity contribution in [2.24, 2.45) is 0 Å². The monoisotopic (exact) mass is 385 g/mol. The van der Waals surface area contributed by atoms with Crippen LogP contribution in [0.2, 0.25) is 0 Å². The minimum Gasteiger partial charge on any atom is -0.497 e. The van der Waals surface area contributed by atoms with E-state index >= 15 is 0 Å². The number of carbonyl (C=O) groups is 1. The number of nitrogens with zero attached hydrogens (tertiary/aromatic N) is 3. The molecule has 0 amide bonds. The van der Waals surface area contributed by atoms with E-state index in [4.69, 9.17) is 14.2 Å². The molecule has 3 aromatic rings. The lowest BCUT2D eigenvalue weighted by molar-refractivity contribution is -0.137. The largest absolute Gasteiger partial charge is 0.497 e. The average Bonchev–Trinajstić information content (AvgIpc) is 3.16. The highest BCUT2D eigenvalue weighted by Crippen LogP contribution is 2.29. The highest BCUT2D eigenvalue weighted by Gasteiger charge is 2.17. The highest BCUT2D eigenvalue weighted by molar-refractivity contribution is 7.99. The number of hydrogen-bond donors (Lipinski definition) is 0. The van der Waals surface area contributed by atoms with Crippen LogP contribution in [0.15, 0.2) is 53.7 Å². The summed E-state index contributed by atoms with van der Waals surface area (Å²) in [5.74, 6) is 1.99. The zero-order chi connectivity index (χ0) is 19.2. The predicted octanol–water partition coefficient (Wildman–Crippen LogP) is 3.22. The molecule has 0 aliphatic heterocycles. The zero-order valence-electron chi connectivity index (χ0n) is 15.2. The van der Waals surface area contributed by atoms with E-state index in [1.165, 1.54) is 18.9 Å². The Morgan fingerprint density at radius 2 is 1.52 bits per heavy atom. The lowest BCUT2D eigenvalue weighted by Crippen LogP contribution is -2.05. The highest BCUT2D eigenvalue weighted by atomic mass is 32.2. The van der Waals surface area contributed by atoms with Gasteiger partial charge in [-0.1, -0.05) is 11.8 Å². The van der Waals surface area contributed by atoms with Gasteiger partial charge in [0.25, 0.3) is 0 Å². The van der Waals surface area contributed by atoms with Crippen LogP contribution in [0, 0.1) is 0 Å². The number of ether oxygens (including phenoxy) is 3. The predicted molar refractivity (Wildman–Crippen MR) is 103 cm³/mol. The van der Waals surface area contributed by atoms with Crippen molar-refractivity contribution in [2.45, 2.75) is 5.16 Å². The van der Waals surface area contributed by atoms with E-state index in [1.807, 2.05) is 53.1 Å². The molecule has 0 N–H and O–H groups in total. The molecule has 0 unspecified atom stereocenters. The number of hydrogen-bond acceptors (Lipinski definition) is 7. The molecule has 3 rings (SSSR count). The Bertz CT molecular complexity index is 908. The fourth-order valence-electron chi connectivity index (χ4n) is 2.44. The molecular formula is C19H19N3O4S. The summed E-state index contributed by atoms with van der Waals surface area (Å²) in [6.45, 7) is 0. The zero-order valence-corrected chi connectivity index (χ0v) is 16.0. The molecule has 8 heteroatoms. The van der Waals surface area contributed by atoms with Crippen LogP contribution < -0.4 is 9.47 Å². The molecule has 1 aromatic heterocycles. The number of carbonyl (C=O) groups excluding carboxylic acids is 1. The Kier molecular flexibility index (Phi) is 5.97. The van der Waals surface area contributed by atoms with Gasteiger partial charge in [-0.15, -0.1) is 10.2 Å². The molecule has 0 radical (unpaired) electrons. The van der Waals surface area contributed by atoms with Gasteiger partial charge in [0.1, 0.15) is 11.5 Å². The van der Waals surface area contributed by atoms with Crippen LogP contribution in [-0.4, -0.2) is 47.8 Å². The minimum absolute atomic E-state index is 0.146. The van der Waals surface area contributed by atoms with Gasteiger partial charge in [0.05, 0.1) is 27.1 Å². The van der Waals surface area contributed by atoms with Gasteiger partial charge in [-0.25, -0.2) is 0 Å². The summed E-state index contributed by atoms with van der Waals surface area (Å²) in [5.41, 5.74) is 1.74. The van der Waals surface area contributed by atoms with Crippen LogP contribution in [0.25, 0.3) is 17.1 Å². The standard InChI is InChI=1S/C19H19N3O4S/c1-24-15-8-4-13(5-9-15)18-20-21-19(27-12-17(23)26-3)22(18)14-6-10-16(25-2)11-7-14/h4-11H,12H2,1-3H3. The number of benzene rings is 2. The number of thioether (sulfide) groups is 1. The fraction of sp³-hybridized carbons (Fsp3) is 0.211. The number of rotatable bonds is 7. The third kappa shape index (κ3) is 4.22. The molecular weight excluding hydrogens is 366 g/mol. The smallest absolute Gasteiger partial charge is 0.316 e. The van der Waals surface area contributed by atoms with Crippen LogP contribution in [0.3, 0.4) is 0 Å². The Morgan fingerprint density at radius 3 is 2.07 bits per heavy atom. The SMILES string of the molecule is COC(=O)CSc1nnc(-c2ccc(OC)cc2)n1-c1ccc(OC)cc1. The fourth-order valence-corrected chi connectivity index (χ4v) is 3.22. The van der Waals surface area contributed by atoms with Gasteiger partial charge in [-0.2, -0.15) is 0 Å². The van der Waals surface area contributed by atoms with Crippen molar-refractivity contribution in [3.05, 3.63) is 48.5 Å². The lowest BCUT2D eigenvalue weighted by atomic mass is 10.2. The molecule has 0 spiro atoms. The second-order valence-electron chi connectivity index (χ2n) is 5.43. The lowest BCUT2D eigenvalue weighted by Gasteiger charge is -2.11. The van der Waals surface area contributed by atoms with E-state index in [0.29, 0.717) is 11.0 Å². The van der Waals surface area contributed by atoms with E-state index in [2.05, 4.69) is 10.2 Å². The minimum atomic E-state index is -0.324. The van der Waals surface area contributed by atoms with E-state index in [1.54, 1.807) is 14.2 Å². The normalized spacial score (nSPS) is 10.5. The first-order chi connectivity index (χ1) is 13.2. The van der Waals surface area contributed by atoms with Crippen LogP contribution >= 0.6 is 11.8 Å². The Hall–Kier alpha value is -3.00. The topological polar surface area (TPSA) is 75.5 Å². The molecule has 0 bridgehead atoms. The van der Waals surface area contributed by atoms with Gasteiger partial charge < -0.3 is 14.2 Å². The van der Waals surface area contributed by atoms with Gasteiger partial charge in [0.15, 0.2) is 11.0 Å². The number of methoxy groups -OCH3 is 3. The van der Waals surface area contributed by atoms with Gasteiger partial charge in [-0.3, -0.25) is 9.36 Å². The van der Waals surface area contributed by atoms with Crippen molar-refractivity contribution < 1.29 is 19.0 Å². The number of aromatic nitrogens is 3. The Balaban J connectivity index is 2.03. The molecule has 0 aliphatic rings. The number of esters is 1. The van der Waals surface area contributed by atoms with Crippen molar-refractivity contribution in [1.82, 2.24) is 14.8 Å². The second kappa shape index (κ2) is 8.59. The van der Waals surface area contributed by atoms with E-state index < -0.39 is 0 Å². The molecule has 0 fully saturated rings. The summed E-state index contributed by atoms with van der Waals surface area (Å²) < 4.78 is 17.1. The molecule has 0 aliphatic carbocycles. The van der Waals surface area contributed by atoms with Crippen molar-refractivity contribution in [3.63, 3.8) is 0 Å². The van der Waals surface area contributed by atoms with Gasteiger partial charge >= 0.3 is 5.97 Å². The summed E-state index contributed by atoms with van der Waals surface area (Å²) in [7, 11) is 4.60. The summed E-state index contributed by atoms with van der Waals surface area (Å²) in [5, 5.41) is 9.19. The van der Waals surface area contributed by atoms with E-state index in [0.717, 1.165) is 22.7 Å². The average molecular weight is 385 g/mol. The van der Waals surface area contributed by atoms with Crippen LogP contribution in [0.1, 0.15) is 0 Å². The van der Waals surface area contributed by atoms with Crippen LogP contribution in [0.5, 0.6) is 11.5 Å². The molecule has 0 atom stereocenters. The van der Waals surface area contributed by atoms with Crippen molar-refractivity contribution in [3.8, 4) is 28.6 Å². The van der Waals surface area contributed by atoms with Crippen LogP contribution in [-0.2, 0) is 9.53 Å². The third-order valence-electron chi connectivity index (χ3n) is 3.86. The molecule has 2 aromatic carbocycles. The summed E-state index contributed by atoms with van der Waals surface area (Å²) in [4.78, 5) is 11.5. The summed E-state index contributed by atoms with van der Waals surface area (Å²) >= 11 is 1.27. The maximum Gasteiger partial charge on any atom is 0.316 e. The van der Waals surface area contributed by atoms with Gasteiger partial charge in [0, 0.05) is 11.3 Å². The molecule has 0 saturated heterocycles. The third-order valence-corrected chi connectivity index (χ3v) is 4.76. The second-order valence-corrected chi connectivity index (χ2v) is 6.38. The molecule has 1 heterocycles. The Morgan fingerprint density at radius 1 is 0.926 bits per heavy atom. The van der Waals surface area contributed by atoms with E-state index in [9.17, 15) is 4.79 Å². The molecule has 0 saturated carbocycles. The van der Waals surface area contributed by atoms with Crippen molar-refractivity contribution in [2.75, 3.05) is 27.1 Å². The van der Waals surface area contributed by atoms with Gasteiger partial charge in [0.2, 0.25) is 0 Å². The summed E-state index contributed by atoms with van der Waals surface area (Å²) in [6, 6.07) is 15.1. The first-order valence-electron chi connectivity index (χ1n) is 8.10. The van der Waals surface area contributed by atoms with E-state index in [-0.39, 0.29) is 11.7 Å². The molecule has 140 valence electrons. The first kappa shape index (κ1) is 18.8. The molecule has 7 nitrogen and oxygen atoms in total. The van der Waals surface area contributed by atoms with Crippen molar-refractivity contribution in [1.29, 1.82) is 0 Å². The first-order valence-corrected chi connectivity index (χ1v) is 9.08. The quantitative estimate of drug-likeness (QED) is 0.457. The molecule has 27 heavy (non-hydrogen) atoms. The Labute approximate surface area is 161 Å².